The van der Waals surface area contributed by atoms with E-state index in [9.17, 15) is 40.5 Å². The number of phenolic OH excluding ortho intramolecular Hbond substituents is 3. The van der Waals surface area contributed by atoms with E-state index in [4.69, 9.17) is 13.9 Å². The molecule has 0 aliphatic carbocycles. The largest absolute Gasteiger partial charge is 0.508 e. The molecule has 0 unspecified atom stereocenters. The molecule has 0 spiro atoms. The number of fused-ring (bicyclic) bond motifs is 1. The third-order valence-corrected chi connectivity index (χ3v) is 5.16. The first-order valence-corrected chi connectivity index (χ1v) is 9.50. The molecule has 1 fully saturated rings. The minimum Gasteiger partial charge on any atom is -0.508 e. The molecule has 3 aromatic rings. The molecule has 11 heteroatoms. The summed E-state index contributed by atoms with van der Waals surface area (Å²) in [7, 11) is 0. The van der Waals surface area contributed by atoms with Gasteiger partial charge in [-0.3, -0.25) is 4.79 Å². The lowest BCUT2D eigenvalue weighted by atomic mass is 9.99. The summed E-state index contributed by atoms with van der Waals surface area (Å²) < 4.78 is 16.3. The molecule has 1 aliphatic heterocycles. The van der Waals surface area contributed by atoms with E-state index in [1.807, 2.05) is 0 Å². The summed E-state index contributed by atoms with van der Waals surface area (Å²) in [6.45, 7) is -0.713. The number of aliphatic hydroxyl groups excluding tert-OH is 4. The molecule has 1 saturated heterocycles. The SMILES string of the molecule is O=c1cc(-c2ccc(O)cc2)oc2cc(O)c(O)c(O[C@@H]3O[C@H](CO)[C@H](O)[C@@H](O)[C@H]3O)c12. The second-order valence-corrected chi connectivity index (χ2v) is 7.28. The van der Waals surface area contributed by atoms with Crippen molar-refractivity contribution in [1.29, 1.82) is 0 Å². The van der Waals surface area contributed by atoms with E-state index in [-0.39, 0.29) is 22.5 Å². The fourth-order valence-corrected chi connectivity index (χ4v) is 3.43. The van der Waals surface area contributed by atoms with Gasteiger partial charge in [-0.1, -0.05) is 0 Å². The molecule has 4 rings (SSSR count). The quantitative estimate of drug-likeness (QED) is 0.261. The van der Waals surface area contributed by atoms with Gasteiger partial charge in [-0.2, -0.15) is 0 Å². The van der Waals surface area contributed by atoms with Crippen molar-refractivity contribution in [2.45, 2.75) is 30.7 Å². The molecule has 5 atom stereocenters. The van der Waals surface area contributed by atoms with Crippen LogP contribution in [0.4, 0.5) is 0 Å². The van der Waals surface area contributed by atoms with Crippen LogP contribution in [0.5, 0.6) is 23.0 Å². The number of phenols is 3. The molecule has 2 heterocycles. The van der Waals surface area contributed by atoms with Crippen molar-refractivity contribution in [3.63, 3.8) is 0 Å². The number of rotatable bonds is 4. The first-order valence-electron chi connectivity index (χ1n) is 9.50. The lowest BCUT2D eigenvalue weighted by Crippen LogP contribution is -2.60. The fourth-order valence-electron chi connectivity index (χ4n) is 3.43. The van der Waals surface area contributed by atoms with Gasteiger partial charge >= 0.3 is 0 Å². The lowest BCUT2D eigenvalue weighted by Gasteiger charge is -2.39. The van der Waals surface area contributed by atoms with E-state index in [0.29, 0.717) is 5.56 Å². The molecule has 0 bridgehead atoms. The maximum absolute atomic E-state index is 12.9. The number of aliphatic hydroxyl groups is 4. The zero-order valence-electron chi connectivity index (χ0n) is 16.3. The van der Waals surface area contributed by atoms with Gasteiger partial charge in [-0.15, -0.1) is 0 Å². The van der Waals surface area contributed by atoms with Crippen LogP contribution in [0.15, 0.2) is 45.6 Å². The van der Waals surface area contributed by atoms with Crippen molar-refractivity contribution >= 4 is 11.0 Å². The monoisotopic (exact) mass is 448 g/mol. The van der Waals surface area contributed by atoms with Crippen LogP contribution in [0, 0.1) is 0 Å². The first-order chi connectivity index (χ1) is 15.2. The van der Waals surface area contributed by atoms with Crippen molar-refractivity contribution in [2.24, 2.45) is 0 Å². The number of aromatic hydroxyl groups is 3. The van der Waals surface area contributed by atoms with Crippen LogP contribution in [0.3, 0.4) is 0 Å². The van der Waals surface area contributed by atoms with Gasteiger partial charge in [0.25, 0.3) is 0 Å². The Kier molecular flexibility index (Phi) is 5.67. The minimum absolute atomic E-state index is 0.00895. The topological polar surface area (TPSA) is 190 Å². The third-order valence-electron chi connectivity index (χ3n) is 5.16. The number of benzene rings is 2. The number of hydrogen-bond acceptors (Lipinski definition) is 11. The molecule has 170 valence electrons. The van der Waals surface area contributed by atoms with Crippen LogP contribution in [0.25, 0.3) is 22.3 Å². The van der Waals surface area contributed by atoms with Gasteiger partial charge in [0.1, 0.15) is 46.9 Å². The van der Waals surface area contributed by atoms with Crippen LogP contribution < -0.4 is 10.2 Å². The van der Waals surface area contributed by atoms with Crippen molar-refractivity contribution in [3.8, 4) is 34.3 Å². The summed E-state index contributed by atoms with van der Waals surface area (Å²) in [4.78, 5) is 12.9. The molecule has 0 radical (unpaired) electrons. The summed E-state index contributed by atoms with van der Waals surface area (Å²) in [6.07, 6.45) is -8.21. The van der Waals surface area contributed by atoms with E-state index in [1.165, 1.54) is 24.3 Å². The molecular formula is C21H20O11. The van der Waals surface area contributed by atoms with Gasteiger partial charge in [0, 0.05) is 17.7 Å². The Morgan fingerprint density at radius 3 is 2.28 bits per heavy atom. The van der Waals surface area contributed by atoms with Crippen LogP contribution in [0.2, 0.25) is 0 Å². The number of ether oxygens (including phenoxy) is 2. The minimum atomic E-state index is -1.81. The smallest absolute Gasteiger partial charge is 0.229 e. The summed E-state index contributed by atoms with van der Waals surface area (Å²) in [5.41, 5.74) is -0.398. The second kappa shape index (κ2) is 8.30. The molecule has 0 amide bonds. The molecule has 2 aromatic carbocycles. The molecular weight excluding hydrogens is 428 g/mol. The summed E-state index contributed by atoms with van der Waals surface area (Å²) in [6, 6.07) is 7.89. The highest BCUT2D eigenvalue weighted by molar-refractivity contribution is 5.89. The lowest BCUT2D eigenvalue weighted by molar-refractivity contribution is -0.277. The van der Waals surface area contributed by atoms with Gasteiger partial charge in [-0.25, -0.2) is 0 Å². The van der Waals surface area contributed by atoms with E-state index < -0.39 is 60.0 Å². The van der Waals surface area contributed by atoms with Gasteiger partial charge in [0.15, 0.2) is 16.9 Å². The van der Waals surface area contributed by atoms with Gasteiger partial charge in [0.2, 0.25) is 12.0 Å². The van der Waals surface area contributed by atoms with E-state index >= 15 is 0 Å². The van der Waals surface area contributed by atoms with E-state index in [0.717, 1.165) is 12.1 Å². The molecule has 1 aliphatic rings. The van der Waals surface area contributed by atoms with Gasteiger partial charge < -0.3 is 49.6 Å². The average Bonchev–Trinajstić information content (AvgIpc) is 2.77. The Morgan fingerprint density at radius 1 is 0.938 bits per heavy atom. The molecule has 1 aromatic heterocycles. The summed E-state index contributed by atoms with van der Waals surface area (Å²) in [5.74, 6) is -2.03. The molecule has 32 heavy (non-hydrogen) atoms. The normalized spacial score (nSPS) is 25.7. The van der Waals surface area contributed by atoms with Crippen molar-refractivity contribution in [1.82, 2.24) is 0 Å². The Balaban J connectivity index is 1.80. The average molecular weight is 448 g/mol. The predicted molar refractivity (Wildman–Crippen MR) is 107 cm³/mol. The Hall–Kier alpha value is -3.35. The van der Waals surface area contributed by atoms with E-state index in [1.54, 1.807) is 0 Å². The van der Waals surface area contributed by atoms with Crippen LogP contribution >= 0.6 is 0 Å². The Morgan fingerprint density at radius 2 is 1.62 bits per heavy atom. The second-order valence-electron chi connectivity index (χ2n) is 7.28. The van der Waals surface area contributed by atoms with Gasteiger partial charge in [0.05, 0.1) is 6.61 Å². The van der Waals surface area contributed by atoms with Crippen LogP contribution in [0.1, 0.15) is 0 Å². The van der Waals surface area contributed by atoms with Crippen molar-refractivity contribution < 1.29 is 49.6 Å². The van der Waals surface area contributed by atoms with Crippen molar-refractivity contribution in [3.05, 3.63) is 46.6 Å². The summed E-state index contributed by atoms with van der Waals surface area (Å²) >= 11 is 0. The van der Waals surface area contributed by atoms with Gasteiger partial charge in [-0.05, 0) is 24.3 Å². The Bertz CT molecular complexity index is 1190. The zero-order chi connectivity index (χ0) is 23.2. The molecule has 0 saturated carbocycles. The zero-order valence-corrected chi connectivity index (χ0v) is 16.3. The standard InChI is InChI=1S/C21H20O11/c22-7-14-17(27)18(28)19(29)21(31-14)32-20-15-10(24)5-12(8-1-3-9(23)4-2-8)30-13(15)6-11(25)16(20)26/h1-6,14,17-19,21-23,25-29H,7H2/t14-,17+,18-,19-,21+/m1/s1. The van der Waals surface area contributed by atoms with Crippen LogP contribution in [-0.4, -0.2) is 73.1 Å². The highest BCUT2D eigenvalue weighted by atomic mass is 16.7. The third kappa shape index (κ3) is 3.72. The fraction of sp³-hybridized carbons (Fsp3) is 0.286. The highest BCUT2D eigenvalue weighted by Gasteiger charge is 2.45. The van der Waals surface area contributed by atoms with Crippen molar-refractivity contribution in [2.75, 3.05) is 6.61 Å². The highest BCUT2D eigenvalue weighted by Crippen LogP contribution is 2.43. The molecule has 7 N–H and O–H groups in total. The van der Waals surface area contributed by atoms with Crippen LogP contribution in [-0.2, 0) is 4.74 Å². The predicted octanol–water partition coefficient (Wildman–Crippen LogP) is -0.245. The summed E-state index contributed by atoms with van der Waals surface area (Å²) in [5, 5.41) is 68.9. The Labute approximate surface area is 179 Å². The first kappa shape index (κ1) is 21.9. The maximum Gasteiger partial charge on any atom is 0.229 e. The maximum atomic E-state index is 12.9. The number of hydrogen-bond donors (Lipinski definition) is 7. The van der Waals surface area contributed by atoms with E-state index in [2.05, 4.69) is 0 Å². The molecule has 11 nitrogen and oxygen atoms in total.